The summed E-state index contributed by atoms with van der Waals surface area (Å²) in [7, 11) is -2.98. The van der Waals surface area contributed by atoms with Crippen molar-refractivity contribution in [2.45, 2.75) is 18.0 Å². The van der Waals surface area contributed by atoms with Gasteiger partial charge in [-0.3, -0.25) is 9.10 Å². The minimum absolute atomic E-state index is 0.207. The second-order valence-electron chi connectivity index (χ2n) is 7.52. The van der Waals surface area contributed by atoms with E-state index in [1.807, 2.05) is 0 Å². The van der Waals surface area contributed by atoms with Gasteiger partial charge in [0, 0.05) is 5.56 Å². The number of hydrazone groups is 1. The smallest absolute Gasteiger partial charge is 0.417 e. The monoisotopic (exact) mass is 539 g/mol. The molecular formula is C24H21ClF3N3O4S. The summed E-state index contributed by atoms with van der Waals surface area (Å²) in [4.78, 5) is 12.4. The van der Waals surface area contributed by atoms with Gasteiger partial charge in [0.05, 0.1) is 34.5 Å². The van der Waals surface area contributed by atoms with E-state index in [0.29, 0.717) is 21.7 Å². The first kappa shape index (κ1) is 27.0. The Balaban J connectivity index is 1.96. The minimum atomic E-state index is -4.84. The summed E-state index contributed by atoms with van der Waals surface area (Å²) in [6, 6.07) is 15.1. The Morgan fingerprint density at radius 2 is 1.78 bits per heavy atom. The number of para-hydroxylation sites is 1. The molecular weight excluding hydrogens is 519 g/mol. The number of alkyl halides is 3. The summed E-state index contributed by atoms with van der Waals surface area (Å²) < 4.78 is 72.9. The van der Waals surface area contributed by atoms with Crippen molar-refractivity contribution in [2.75, 3.05) is 18.0 Å². The Kier molecular flexibility index (Phi) is 8.26. The first-order valence-corrected chi connectivity index (χ1v) is 12.2. The van der Waals surface area contributed by atoms with E-state index in [1.165, 1.54) is 37.6 Å². The van der Waals surface area contributed by atoms with Crippen LogP contribution in [0, 0.1) is 6.92 Å². The highest BCUT2D eigenvalue weighted by atomic mass is 35.5. The number of ether oxygens (including phenoxy) is 1. The normalized spacial score (nSPS) is 11.9. The quantitative estimate of drug-likeness (QED) is 0.321. The molecule has 0 saturated carbocycles. The third-order valence-electron chi connectivity index (χ3n) is 4.97. The molecule has 0 radical (unpaired) electrons. The van der Waals surface area contributed by atoms with E-state index >= 15 is 0 Å². The van der Waals surface area contributed by atoms with Crippen LogP contribution in [0.15, 0.2) is 76.7 Å². The molecule has 1 amide bonds. The van der Waals surface area contributed by atoms with Gasteiger partial charge in [-0.2, -0.15) is 18.3 Å². The van der Waals surface area contributed by atoms with E-state index < -0.39 is 44.9 Å². The summed E-state index contributed by atoms with van der Waals surface area (Å²) in [6.07, 6.45) is -3.55. The van der Waals surface area contributed by atoms with Crippen LogP contribution >= 0.6 is 11.6 Å². The van der Waals surface area contributed by atoms with E-state index in [2.05, 4.69) is 10.5 Å². The van der Waals surface area contributed by atoms with Gasteiger partial charge in [-0.05, 0) is 49.4 Å². The molecule has 0 aliphatic heterocycles. The fourth-order valence-electron chi connectivity index (χ4n) is 3.15. The summed E-state index contributed by atoms with van der Waals surface area (Å²) in [6.45, 7) is 0.897. The molecule has 0 bridgehead atoms. The zero-order valence-electron chi connectivity index (χ0n) is 19.1. The van der Waals surface area contributed by atoms with Gasteiger partial charge in [-0.1, -0.05) is 41.4 Å². The Morgan fingerprint density at radius 3 is 2.42 bits per heavy atom. The Bertz CT molecular complexity index is 1380. The molecule has 0 spiro atoms. The number of carbonyl (C=O) groups excluding carboxylic acids is 1. The van der Waals surface area contributed by atoms with Gasteiger partial charge in [0.1, 0.15) is 12.3 Å². The number of halogens is 4. The molecule has 0 aliphatic rings. The summed E-state index contributed by atoms with van der Waals surface area (Å²) in [5, 5.41) is 3.20. The fourth-order valence-corrected chi connectivity index (χ4v) is 4.79. The molecule has 0 unspecified atom stereocenters. The van der Waals surface area contributed by atoms with Crippen molar-refractivity contribution in [3.05, 3.63) is 88.4 Å². The third-order valence-corrected chi connectivity index (χ3v) is 7.09. The van der Waals surface area contributed by atoms with E-state index in [0.717, 1.165) is 17.7 Å². The summed E-state index contributed by atoms with van der Waals surface area (Å²) >= 11 is 5.69. The SMILES string of the molecule is COc1ccccc1/C=N\NC(=O)CN(c1ccc(Cl)c(C(F)(F)F)c1)S(=O)(=O)c1ccc(C)cc1. The van der Waals surface area contributed by atoms with Crippen LogP contribution in [0.1, 0.15) is 16.7 Å². The number of aryl methyl sites for hydroxylation is 1. The average Bonchev–Trinajstić information content (AvgIpc) is 2.83. The molecule has 36 heavy (non-hydrogen) atoms. The molecule has 3 rings (SSSR count). The molecule has 1 N–H and O–H groups in total. The number of hydrogen-bond donors (Lipinski definition) is 1. The number of benzene rings is 3. The van der Waals surface area contributed by atoms with Crippen molar-refractivity contribution < 1.29 is 31.1 Å². The number of hydrogen-bond acceptors (Lipinski definition) is 5. The number of sulfonamides is 1. The van der Waals surface area contributed by atoms with E-state index in [-0.39, 0.29) is 4.90 Å². The van der Waals surface area contributed by atoms with Crippen molar-refractivity contribution in [2.24, 2.45) is 5.10 Å². The van der Waals surface area contributed by atoms with Gasteiger partial charge in [-0.25, -0.2) is 13.8 Å². The second-order valence-corrected chi connectivity index (χ2v) is 9.79. The Morgan fingerprint density at radius 1 is 1.11 bits per heavy atom. The van der Waals surface area contributed by atoms with Gasteiger partial charge in [-0.15, -0.1) is 0 Å². The van der Waals surface area contributed by atoms with Crippen LogP contribution in [-0.4, -0.2) is 34.2 Å². The van der Waals surface area contributed by atoms with E-state index in [9.17, 15) is 26.4 Å². The Hall–Kier alpha value is -3.57. The lowest BCUT2D eigenvalue weighted by Gasteiger charge is -2.25. The molecule has 0 aliphatic carbocycles. The van der Waals surface area contributed by atoms with Crippen molar-refractivity contribution in [1.82, 2.24) is 5.43 Å². The number of nitrogens with one attached hydrogen (secondary N) is 1. The number of amides is 1. The highest BCUT2D eigenvalue weighted by Crippen LogP contribution is 2.38. The van der Waals surface area contributed by atoms with Crippen LogP contribution in [0.3, 0.4) is 0 Å². The lowest BCUT2D eigenvalue weighted by Crippen LogP contribution is -2.39. The van der Waals surface area contributed by atoms with Crippen molar-refractivity contribution in [3.63, 3.8) is 0 Å². The fraction of sp³-hybridized carbons (Fsp3) is 0.167. The maximum absolute atomic E-state index is 13.4. The van der Waals surface area contributed by atoms with E-state index in [4.69, 9.17) is 16.3 Å². The van der Waals surface area contributed by atoms with Crippen LogP contribution < -0.4 is 14.5 Å². The van der Waals surface area contributed by atoms with Crippen LogP contribution in [0.4, 0.5) is 18.9 Å². The predicted octanol–water partition coefficient (Wildman–Crippen LogP) is 5.02. The van der Waals surface area contributed by atoms with Crippen LogP contribution in [0.2, 0.25) is 5.02 Å². The molecule has 190 valence electrons. The van der Waals surface area contributed by atoms with Gasteiger partial charge in [0.2, 0.25) is 0 Å². The highest BCUT2D eigenvalue weighted by molar-refractivity contribution is 7.92. The van der Waals surface area contributed by atoms with Crippen molar-refractivity contribution in [1.29, 1.82) is 0 Å². The molecule has 3 aromatic rings. The number of rotatable bonds is 8. The molecule has 12 heteroatoms. The second kappa shape index (κ2) is 11.0. The Labute approximate surface area is 211 Å². The van der Waals surface area contributed by atoms with Gasteiger partial charge >= 0.3 is 6.18 Å². The van der Waals surface area contributed by atoms with Gasteiger partial charge in [0.25, 0.3) is 15.9 Å². The molecule has 7 nitrogen and oxygen atoms in total. The van der Waals surface area contributed by atoms with Crippen molar-refractivity contribution in [3.8, 4) is 5.75 Å². The van der Waals surface area contributed by atoms with Crippen LogP contribution in [0.25, 0.3) is 0 Å². The lowest BCUT2D eigenvalue weighted by atomic mass is 10.2. The lowest BCUT2D eigenvalue weighted by molar-refractivity contribution is -0.137. The summed E-state index contributed by atoms with van der Waals surface area (Å²) in [5.41, 5.74) is 1.88. The number of anilines is 1. The van der Waals surface area contributed by atoms with Crippen LogP contribution in [-0.2, 0) is 21.0 Å². The molecule has 0 fully saturated rings. The standard InChI is InChI=1S/C24H21ClF3N3O4S/c1-16-7-10-19(11-8-16)36(33,34)31(18-9-12-21(25)20(13-18)24(26,27)28)15-23(32)30-29-14-17-5-3-4-6-22(17)35-2/h3-14H,15H2,1-2H3,(H,30,32)/b29-14-. The maximum atomic E-state index is 13.4. The molecule has 0 atom stereocenters. The largest absolute Gasteiger partial charge is 0.496 e. The zero-order chi connectivity index (χ0) is 26.5. The minimum Gasteiger partial charge on any atom is -0.496 e. The first-order valence-electron chi connectivity index (χ1n) is 10.3. The number of methoxy groups -OCH3 is 1. The molecule has 0 aromatic heterocycles. The number of nitrogens with zero attached hydrogens (tertiary/aromatic N) is 2. The zero-order valence-corrected chi connectivity index (χ0v) is 20.7. The number of carbonyl (C=O) groups is 1. The maximum Gasteiger partial charge on any atom is 0.417 e. The molecule has 0 heterocycles. The van der Waals surface area contributed by atoms with Crippen LogP contribution in [0.5, 0.6) is 5.75 Å². The van der Waals surface area contributed by atoms with Gasteiger partial charge < -0.3 is 4.74 Å². The van der Waals surface area contributed by atoms with Crippen molar-refractivity contribution >= 4 is 39.4 Å². The average molecular weight is 540 g/mol. The topological polar surface area (TPSA) is 88.1 Å². The third kappa shape index (κ3) is 6.35. The highest BCUT2D eigenvalue weighted by Gasteiger charge is 2.35. The first-order chi connectivity index (χ1) is 16.9. The molecule has 3 aromatic carbocycles. The van der Waals surface area contributed by atoms with E-state index in [1.54, 1.807) is 31.2 Å². The van der Waals surface area contributed by atoms with Gasteiger partial charge in [0.15, 0.2) is 0 Å². The predicted molar refractivity (Wildman–Crippen MR) is 131 cm³/mol. The molecule has 0 saturated heterocycles. The summed E-state index contributed by atoms with van der Waals surface area (Å²) in [5.74, 6) is -0.403.